The number of para-hydroxylation sites is 3. The summed E-state index contributed by atoms with van der Waals surface area (Å²) in [4.78, 5) is 10.6. The van der Waals surface area contributed by atoms with Gasteiger partial charge >= 0.3 is 0 Å². The molecule has 0 aliphatic carbocycles. The van der Waals surface area contributed by atoms with E-state index in [0.717, 1.165) is 105 Å². The van der Waals surface area contributed by atoms with E-state index in [2.05, 4.69) is 203 Å². The average Bonchev–Trinajstić information content (AvgIpc) is 4.00. The van der Waals surface area contributed by atoms with Crippen LogP contribution in [0.25, 0.3) is 122 Å². The van der Waals surface area contributed by atoms with E-state index in [-0.39, 0.29) is 0 Å². The lowest BCUT2D eigenvalue weighted by Gasteiger charge is -2.11. The van der Waals surface area contributed by atoms with E-state index in [0.29, 0.717) is 5.82 Å². The molecule has 0 atom stereocenters. The third-order valence-electron chi connectivity index (χ3n) is 12.5. The van der Waals surface area contributed by atoms with Crippen molar-refractivity contribution in [3.8, 4) is 56.4 Å². The van der Waals surface area contributed by atoms with Crippen LogP contribution in [0, 0.1) is 0 Å². The van der Waals surface area contributed by atoms with Gasteiger partial charge in [0.1, 0.15) is 11.2 Å². The minimum absolute atomic E-state index is 0.687. The Morgan fingerprint density at radius 1 is 0.317 bits per heavy atom. The molecule has 4 heterocycles. The zero-order valence-electron chi connectivity index (χ0n) is 34.0. The number of fused-ring (bicyclic) bond motifs is 9. The summed E-state index contributed by atoms with van der Waals surface area (Å²) in [5.74, 6) is 0.687. The smallest absolute Gasteiger partial charge is 0.161 e. The lowest BCUT2D eigenvalue weighted by Crippen LogP contribution is -1.97. The van der Waals surface area contributed by atoms with Gasteiger partial charge in [-0.3, -0.25) is 0 Å². The largest absolute Gasteiger partial charge is 0.456 e. The summed E-state index contributed by atoms with van der Waals surface area (Å²) in [6.07, 6.45) is 0. The molecule has 5 nitrogen and oxygen atoms in total. The van der Waals surface area contributed by atoms with Crippen LogP contribution in [0.15, 0.2) is 223 Å². The first-order valence-electron chi connectivity index (χ1n) is 21.3. The zero-order valence-corrected chi connectivity index (χ0v) is 34.0. The highest BCUT2D eigenvalue weighted by Crippen LogP contribution is 2.43. The fourth-order valence-corrected chi connectivity index (χ4v) is 9.65. The molecule has 9 aromatic carbocycles. The van der Waals surface area contributed by atoms with E-state index in [1.165, 1.54) is 10.8 Å². The van der Waals surface area contributed by atoms with Crippen molar-refractivity contribution in [3.63, 3.8) is 0 Å². The van der Waals surface area contributed by atoms with Crippen LogP contribution in [0.4, 0.5) is 0 Å². The van der Waals surface area contributed by atoms with Gasteiger partial charge in [0.25, 0.3) is 0 Å². The van der Waals surface area contributed by atoms with Crippen LogP contribution in [-0.4, -0.2) is 19.1 Å². The van der Waals surface area contributed by atoms with Crippen molar-refractivity contribution in [2.24, 2.45) is 0 Å². The summed E-state index contributed by atoms with van der Waals surface area (Å²) in [7, 11) is 0. The Morgan fingerprint density at radius 2 is 0.857 bits per heavy atom. The van der Waals surface area contributed by atoms with Crippen LogP contribution in [-0.2, 0) is 0 Å². The van der Waals surface area contributed by atoms with Crippen LogP contribution < -0.4 is 0 Å². The van der Waals surface area contributed by atoms with Crippen molar-refractivity contribution in [2.45, 2.75) is 0 Å². The van der Waals surface area contributed by atoms with Gasteiger partial charge in [0.2, 0.25) is 0 Å². The number of hydrogen-bond donors (Lipinski definition) is 0. The van der Waals surface area contributed by atoms with Gasteiger partial charge in [0.15, 0.2) is 5.82 Å². The monoisotopic (exact) mass is 804 g/mol. The number of furan rings is 1. The summed E-state index contributed by atoms with van der Waals surface area (Å²) < 4.78 is 11.2. The number of rotatable bonds is 6. The van der Waals surface area contributed by atoms with Gasteiger partial charge < -0.3 is 13.6 Å². The molecule has 0 saturated heterocycles. The molecule has 294 valence electrons. The molecule has 0 saturated carbocycles. The number of benzene rings is 9. The second-order valence-electron chi connectivity index (χ2n) is 16.2. The summed E-state index contributed by atoms with van der Waals surface area (Å²) in [5.41, 5.74) is 15.6. The number of hydrogen-bond acceptors (Lipinski definition) is 3. The Hall–Kier alpha value is -8.54. The fraction of sp³-hybridized carbons (Fsp3) is 0. The van der Waals surface area contributed by atoms with Crippen molar-refractivity contribution in [1.82, 2.24) is 19.1 Å². The topological polar surface area (TPSA) is 48.8 Å². The third-order valence-corrected chi connectivity index (χ3v) is 12.5. The van der Waals surface area contributed by atoms with Gasteiger partial charge in [-0.1, -0.05) is 140 Å². The van der Waals surface area contributed by atoms with E-state index >= 15 is 0 Å². The minimum Gasteiger partial charge on any atom is -0.456 e. The first-order valence-corrected chi connectivity index (χ1v) is 21.3. The fourth-order valence-electron chi connectivity index (χ4n) is 9.65. The van der Waals surface area contributed by atoms with Gasteiger partial charge in [-0.05, 0) is 83.9 Å². The van der Waals surface area contributed by atoms with E-state index in [1.807, 2.05) is 24.3 Å². The molecule has 0 unspecified atom stereocenters. The zero-order chi connectivity index (χ0) is 41.4. The summed E-state index contributed by atoms with van der Waals surface area (Å²) in [5, 5.41) is 6.85. The summed E-state index contributed by atoms with van der Waals surface area (Å²) in [6, 6.07) is 77.3. The highest BCUT2D eigenvalue weighted by atomic mass is 16.3. The molecule has 0 amide bonds. The molecule has 0 aliphatic rings. The molecule has 13 rings (SSSR count). The van der Waals surface area contributed by atoms with Crippen LogP contribution in [0.3, 0.4) is 0 Å². The Morgan fingerprint density at radius 3 is 1.51 bits per heavy atom. The highest BCUT2D eigenvalue weighted by Gasteiger charge is 2.21. The quantitative estimate of drug-likeness (QED) is 0.168. The van der Waals surface area contributed by atoms with Gasteiger partial charge in [-0.25, -0.2) is 9.97 Å². The maximum Gasteiger partial charge on any atom is 0.161 e. The van der Waals surface area contributed by atoms with E-state index < -0.39 is 0 Å². The molecule has 63 heavy (non-hydrogen) atoms. The van der Waals surface area contributed by atoms with E-state index in [1.54, 1.807) is 0 Å². The highest BCUT2D eigenvalue weighted by molar-refractivity contribution is 6.19. The Kier molecular flexibility index (Phi) is 7.84. The predicted octanol–water partition coefficient (Wildman–Crippen LogP) is 15.2. The molecule has 0 bridgehead atoms. The first kappa shape index (κ1) is 35.2. The molecular weight excluding hydrogens is 769 g/mol. The maximum atomic E-state index is 6.43. The Bertz CT molecular complexity index is 3830. The second kappa shape index (κ2) is 14.0. The van der Waals surface area contributed by atoms with E-state index in [4.69, 9.17) is 14.4 Å². The predicted molar refractivity (Wildman–Crippen MR) is 260 cm³/mol. The third kappa shape index (κ3) is 5.64. The average molecular weight is 805 g/mol. The number of aromatic nitrogens is 4. The van der Waals surface area contributed by atoms with Crippen molar-refractivity contribution in [3.05, 3.63) is 218 Å². The maximum absolute atomic E-state index is 6.43. The van der Waals surface area contributed by atoms with E-state index in [9.17, 15) is 0 Å². The minimum atomic E-state index is 0.687. The van der Waals surface area contributed by atoms with Crippen molar-refractivity contribution >= 4 is 65.6 Å². The number of nitrogens with zero attached hydrogens (tertiary/aromatic N) is 4. The molecule has 0 radical (unpaired) electrons. The SMILES string of the molecule is c1ccc(-c2cc(-c3ccccc3)nc(-c3cccc4c3c3cc(-c5ccc6c(c5)c5cc7c(cc5n6-c5ccccc5)oc5ccccc57)ccc3n4-c3ccccc3)n2)cc1. The Balaban J connectivity index is 1.06. The van der Waals surface area contributed by atoms with Crippen LogP contribution in [0.1, 0.15) is 0 Å². The van der Waals surface area contributed by atoms with Gasteiger partial charge in [0.05, 0.1) is 33.5 Å². The lowest BCUT2D eigenvalue weighted by atomic mass is 9.98. The lowest BCUT2D eigenvalue weighted by molar-refractivity contribution is 0.669. The van der Waals surface area contributed by atoms with Crippen molar-refractivity contribution < 1.29 is 4.42 Å². The molecule has 0 spiro atoms. The molecule has 0 aliphatic heterocycles. The van der Waals surface area contributed by atoms with Gasteiger partial charge in [-0.2, -0.15) is 0 Å². The Labute approximate surface area is 362 Å². The molecule has 5 heteroatoms. The standard InChI is InChI=1S/C58H36N4O/c1-5-16-37(17-6-1)49-35-50(38-18-7-2-8-19-38)60-58(59-49)44-25-15-26-53-57(44)48-33-40(29-31-52(48)61(53)41-20-9-3-10-21-41)39-28-30-51-45(32-39)46-34-47-43-24-13-14-27-55(43)63-56(47)36-54(46)62(51)42-22-11-4-12-23-42/h1-36H. The van der Waals surface area contributed by atoms with Crippen molar-refractivity contribution in [1.29, 1.82) is 0 Å². The van der Waals surface area contributed by atoms with Crippen LogP contribution in [0.5, 0.6) is 0 Å². The van der Waals surface area contributed by atoms with Gasteiger partial charge in [-0.15, -0.1) is 0 Å². The summed E-state index contributed by atoms with van der Waals surface area (Å²) >= 11 is 0. The molecule has 0 N–H and O–H groups in total. The molecule has 0 fully saturated rings. The van der Waals surface area contributed by atoms with Gasteiger partial charge in [0, 0.05) is 66.4 Å². The molecule has 4 aromatic heterocycles. The normalized spacial score (nSPS) is 11.8. The van der Waals surface area contributed by atoms with Crippen LogP contribution in [0.2, 0.25) is 0 Å². The van der Waals surface area contributed by atoms with Crippen molar-refractivity contribution in [2.75, 3.05) is 0 Å². The second-order valence-corrected chi connectivity index (χ2v) is 16.2. The first-order chi connectivity index (χ1) is 31.2. The molecular formula is C58H36N4O. The molecule has 13 aromatic rings. The summed E-state index contributed by atoms with van der Waals surface area (Å²) in [6.45, 7) is 0. The van der Waals surface area contributed by atoms with Crippen LogP contribution >= 0.6 is 0 Å².